The Morgan fingerprint density at radius 2 is 0.676 bits per heavy atom. The summed E-state index contributed by atoms with van der Waals surface area (Å²) in [4.78, 5) is 49.1. The van der Waals surface area contributed by atoms with E-state index in [4.69, 9.17) is 46.7 Å². The average molecular weight is 1920 g/mol. The van der Waals surface area contributed by atoms with Crippen LogP contribution in [-0.4, -0.2) is 203 Å². The molecule has 9 aromatic rings. The quantitative estimate of drug-likeness (QED) is 0.0126. The first-order valence-corrected chi connectivity index (χ1v) is 50.4. The number of nitrogens with one attached hydrogen (secondary N) is 3. The number of aliphatic hydroxyl groups excluding tert-OH is 5. The molecule has 0 saturated carbocycles. The first-order valence-electron chi connectivity index (χ1n) is 50.4. The van der Waals surface area contributed by atoms with Gasteiger partial charge in [-0.3, -0.25) is 4.79 Å². The number of hydrogen-bond donors (Lipinski definition) is 12. The first-order chi connectivity index (χ1) is 66.2. The fourth-order valence-electron chi connectivity index (χ4n) is 14.5. The molecular formula is C118H178N8O13. The molecule has 3 aliphatic rings. The van der Waals surface area contributed by atoms with E-state index in [0.717, 1.165) is 95.3 Å². The largest absolute Gasteiger partial charge is 0.480 e. The van der Waals surface area contributed by atoms with E-state index in [2.05, 4.69) is 161 Å². The third kappa shape index (κ3) is 63.6. The van der Waals surface area contributed by atoms with E-state index in [1.165, 1.54) is 51.8 Å². The molecule has 3 aliphatic heterocycles. The van der Waals surface area contributed by atoms with Gasteiger partial charge in [-0.15, -0.1) is 0 Å². The number of aliphatic carboxylic acids is 1. The maximum Gasteiger partial charge on any atom is 0.320 e. The van der Waals surface area contributed by atoms with Gasteiger partial charge in [0.05, 0.1) is 50.3 Å². The van der Waals surface area contributed by atoms with Crippen LogP contribution in [0.2, 0.25) is 0 Å². The van der Waals surface area contributed by atoms with Crippen molar-refractivity contribution in [3.63, 3.8) is 0 Å². The van der Waals surface area contributed by atoms with Crippen molar-refractivity contribution in [2.24, 2.45) is 70.5 Å². The van der Waals surface area contributed by atoms with Crippen molar-refractivity contribution in [1.29, 1.82) is 0 Å². The van der Waals surface area contributed by atoms with Gasteiger partial charge in [-0.1, -0.05) is 356 Å². The van der Waals surface area contributed by atoms with Gasteiger partial charge < -0.3 is 92.6 Å². The van der Waals surface area contributed by atoms with Crippen LogP contribution in [-0.2, 0) is 81.6 Å². The van der Waals surface area contributed by atoms with Crippen LogP contribution in [0.1, 0.15) is 188 Å². The Kier molecular flexibility index (Phi) is 63.5. The fourth-order valence-corrected chi connectivity index (χ4v) is 14.5. The second-order valence-electron chi connectivity index (χ2n) is 40.8. The molecule has 0 spiro atoms. The smallest absolute Gasteiger partial charge is 0.320 e. The molecule has 3 saturated heterocycles. The Morgan fingerprint density at radius 3 is 0.957 bits per heavy atom. The summed E-state index contributed by atoms with van der Waals surface area (Å²) >= 11 is 0. The van der Waals surface area contributed by atoms with Gasteiger partial charge in [0.2, 0.25) is 0 Å². The molecule has 15 N–H and O–H groups in total. The van der Waals surface area contributed by atoms with Gasteiger partial charge in [-0.25, -0.2) is 9.59 Å². The summed E-state index contributed by atoms with van der Waals surface area (Å²) in [5.41, 5.74) is 27.5. The number of aliphatic hydroxyl groups is 5. The summed E-state index contributed by atoms with van der Waals surface area (Å²) in [6, 6.07) is 89.5. The van der Waals surface area contributed by atoms with Crippen LogP contribution >= 0.6 is 0 Å². The molecule has 0 aromatic heterocycles. The zero-order chi connectivity index (χ0) is 103. The minimum absolute atomic E-state index is 0.0505. The highest BCUT2D eigenvalue weighted by Crippen LogP contribution is 2.25. The lowest BCUT2D eigenvalue weighted by Gasteiger charge is -2.32. The van der Waals surface area contributed by atoms with E-state index in [-0.39, 0.29) is 72.8 Å². The van der Waals surface area contributed by atoms with Crippen molar-refractivity contribution in [2.45, 2.75) is 255 Å². The summed E-state index contributed by atoms with van der Waals surface area (Å²) in [5, 5.41) is 66.3. The Labute approximate surface area is 836 Å². The lowest BCUT2D eigenvalue weighted by atomic mass is 9.95. The molecule has 4 amide bonds. The number of nitrogens with two attached hydrogens (primary N) is 3. The Morgan fingerprint density at radius 1 is 0.381 bits per heavy atom. The number of hydrogen-bond acceptors (Lipinski definition) is 16. The highest BCUT2D eigenvalue weighted by Gasteiger charge is 2.31. The van der Waals surface area contributed by atoms with Crippen LogP contribution in [0.15, 0.2) is 273 Å². The summed E-state index contributed by atoms with van der Waals surface area (Å²) in [7, 11) is 0. The van der Waals surface area contributed by atoms with E-state index in [9.17, 15) is 34.5 Å². The molecule has 21 nitrogen and oxygen atoms in total. The topological polar surface area (TPSA) is 345 Å². The number of aldehydes is 1. The second-order valence-corrected chi connectivity index (χ2v) is 40.8. The van der Waals surface area contributed by atoms with Crippen LogP contribution in [0, 0.1) is 53.3 Å². The number of nitrogens with zero attached hydrogens (tertiary/aromatic N) is 2. The third-order valence-corrected chi connectivity index (χ3v) is 22.5. The molecule has 3 heterocycles. The molecule has 21 heteroatoms. The minimum Gasteiger partial charge on any atom is -0.480 e. The van der Waals surface area contributed by atoms with Gasteiger partial charge >= 0.3 is 18.0 Å². The fraction of sp³-hybridized carbons (Fsp3) is 0.508. The standard InChI is InChI=1S/C20H34N2O2.C19H33N3O2.C15H25NO.2C11H14O.C10H14O.C10H12O.C9H11NO2.C9H13NO.C4H8O/c1-15(2)13-22(19(24)21-20(4,5)6)14-18(23)16(3)12-17-10-8-7-9-11-17;1-14(2)12-22(18(24)21-19(3,4)5)13-17(23)16(20)11-15-9-7-6-8-10-15;1-12(2)10-16-11-15(17)13(3)9-14-7-5-4-6-8-14;2*1-9(11-8-12-11)7-10-5-3-2-4-6-10;2*1-9(8-11)7-10-5-3-2-4-6-10;10-8(9(11)12)6-7-4-2-1-3-5-7;10-9(7-11)6-8-4-2-1-3-5-8;1-2-4-5-3-1/h7-11,15-16,18,23H,12-14H2,1-6H3,(H,21,24);6-10,14,16-17,23H,11-13,20H2,1-5H3,(H,21,24);4-8,12-13,15-17H,9-11H2,1-3H3;2*2-6,9,11H,7-8H2,1H3;2-6,9,11H,7-8H2,1H3;2-6,8-9H,7H2,1H3;1-5,8H,6,10H2,(H,11,12);1-5,9,11H,6-7,10H2;1-4H2/t16-,18+;16-,17+;13-,15?;9-,11+;9-,11-;2*9-;8-;9-;/m000000000./s1. The lowest BCUT2D eigenvalue weighted by molar-refractivity contribution is -0.138. The predicted octanol–water partition coefficient (Wildman–Crippen LogP) is 19.0. The zero-order valence-corrected chi connectivity index (χ0v) is 87.3. The van der Waals surface area contributed by atoms with Crippen molar-refractivity contribution < 1.29 is 64.0 Å². The number of carboxylic acids is 1. The van der Waals surface area contributed by atoms with Crippen molar-refractivity contribution in [1.82, 2.24) is 25.8 Å². The van der Waals surface area contributed by atoms with E-state index in [1.54, 1.807) is 9.80 Å². The number of ether oxygens (including phenoxy) is 3. The molecule has 14 atom stereocenters. The number of amides is 4. The van der Waals surface area contributed by atoms with E-state index < -0.39 is 30.3 Å². The van der Waals surface area contributed by atoms with Gasteiger partial charge in [0.1, 0.15) is 12.3 Å². The molecule has 0 aliphatic carbocycles. The normalized spacial score (nSPS) is 15.8. The maximum absolute atomic E-state index is 12.5. The van der Waals surface area contributed by atoms with E-state index in [0.29, 0.717) is 86.7 Å². The highest BCUT2D eigenvalue weighted by atomic mass is 16.6. The summed E-state index contributed by atoms with van der Waals surface area (Å²) < 4.78 is 15.4. The summed E-state index contributed by atoms with van der Waals surface area (Å²) in [6.07, 6.45) is 10.6. The maximum atomic E-state index is 12.5. The van der Waals surface area contributed by atoms with Crippen LogP contribution in [0.3, 0.4) is 0 Å². The lowest BCUT2D eigenvalue weighted by Crippen LogP contribution is -2.53. The Balaban J connectivity index is 0.000000406. The molecule has 1 unspecified atom stereocenters. The van der Waals surface area contributed by atoms with Crippen molar-refractivity contribution in [3.8, 4) is 0 Å². The van der Waals surface area contributed by atoms with Gasteiger partial charge in [0.15, 0.2) is 0 Å². The average Bonchev–Trinajstić information content (AvgIpc) is 1.83. The van der Waals surface area contributed by atoms with Gasteiger partial charge in [0.25, 0.3) is 0 Å². The number of carbonyl (C=O) groups is 4. The van der Waals surface area contributed by atoms with Crippen LogP contribution < -0.4 is 33.2 Å². The van der Waals surface area contributed by atoms with Crippen LogP contribution in [0.5, 0.6) is 0 Å². The van der Waals surface area contributed by atoms with Gasteiger partial charge in [-0.05, 0) is 216 Å². The van der Waals surface area contributed by atoms with Gasteiger partial charge in [0, 0.05) is 81.6 Å². The van der Waals surface area contributed by atoms with Crippen molar-refractivity contribution in [3.05, 3.63) is 323 Å². The number of urea groups is 2. The summed E-state index contributed by atoms with van der Waals surface area (Å²) in [5.74, 6) is 2.57. The number of rotatable bonds is 39. The first kappa shape index (κ1) is 123. The number of carbonyl (C=O) groups excluding carboxylic acids is 3. The van der Waals surface area contributed by atoms with E-state index in [1.807, 2.05) is 252 Å². The molecule has 0 radical (unpaired) electrons. The van der Waals surface area contributed by atoms with Crippen LogP contribution in [0.25, 0.3) is 0 Å². The second kappa shape index (κ2) is 71.6. The molecule has 9 aromatic carbocycles. The van der Waals surface area contributed by atoms with Crippen LogP contribution in [0.4, 0.5) is 9.59 Å². The number of carboxylic acid groups (broad SMARTS) is 1. The summed E-state index contributed by atoms with van der Waals surface area (Å²) in [6.45, 7) is 44.7. The minimum atomic E-state index is -0.959. The molecule has 0 bridgehead atoms. The van der Waals surface area contributed by atoms with E-state index >= 15 is 0 Å². The zero-order valence-electron chi connectivity index (χ0n) is 87.3. The molecule has 139 heavy (non-hydrogen) atoms. The Hall–Kier alpha value is -9.82. The van der Waals surface area contributed by atoms with Gasteiger partial charge in [-0.2, -0.15) is 0 Å². The predicted molar refractivity (Wildman–Crippen MR) is 573 cm³/mol. The monoisotopic (exact) mass is 1920 g/mol. The Bertz CT molecular complexity index is 4290. The molecule has 12 rings (SSSR count). The highest BCUT2D eigenvalue weighted by molar-refractivity contribution is 5.75. The molecule has 3 fully saturated rings. The van der Waals surface area contributed by atoms with Crippen molar-refractivity contribution >= 4 is 24.3 Å². The third-order valence-electron chi connectivity index (χ3n) is 22.5. The number of epoxide rings is 2. The molecular weight excluding hydrogens is 1740 g/mol. The number of benzene rings is 9. The van der Waals surface area contributed by atoms with Crippen molar-refractivity contribution in [2.75, 3.05) is 78.9 Å². The molecule has 768 valence electrons. The SMILES string of the molecule is C1CCOC1.CC(C)CN(C[C@@H](O)[C@@H](C)Cc1ccccc1)C(=O)NC(C)(C)C.CC(C)CN(C[C@@H](O)[C@@H](N)Cc1ccccc1)C(=O)NC(C)(C)C.CC(C)CNCC(O)[C@@H](C)Cc1ccccc1.C[C@@H](Cc1ccccc1)[C@@H]1CO1.C[C@@H](Cc1ccccc1)[C@H]1CO1.C[C@H](C=O)Cc1ccccc1.C[C@H](CO)Cc1ccccc1.N[C@@H](Cc1ccccc1)C(=O)O.N[C@H](CO)Cc1ccccc1.